The van der Waals surface area contributed by atoms with E-state index in [9.17, 15) is 9.18 Å². The summed E-state index contributed by atoms with van der Waals surface area (Å²) >= 11 is 1.47. The van der Waals surface area contributed by atoms with E-state index in [4.69, 9.17) is 9.47 Å². The summed E-state index contributed by atoms with van der Waals surface area (Å²) in [5.74, 6) is 1.53. The molecule has 0 aliphatic carbocycles. The van der Waals surface area contributed by atoms with Gasteiger partial charge < -0.3 is 14.0 Å². The lowest BCUT2D eigenvalue weighted by molar-refractivity contribution is 0.102. The smallest absolute Gasteiger partial charge is 0.174 e. The van der Waals surface area contributed by atoms with Gasteiger partial charge in [-0.15, -0.1) is 11.8 Å². The number of hydrogen-bond acceptors (Lipinski definition) is 4. The lowest BCUT2D eigenvalue weighted by Gasteiger charge is -2.10. The molecular weight excluding hydrogens is 389 g/mol. The number of benzene rings is 2. The van der Waals surface area contributed by atoms with Crippen LogP contribution in [0, 0.1) is 19.7 Å². The highest BCUT2D eigenvalue weighted by Crippen LogP contribution is 2.34. The fourth-order valence-corrected chi connectivity index (χ4v) is 4.33. The summed E-state index contributed by atoms with van der Waals surface area (Å²) in [7, 11) is 0. The van der Waals surface area contributed by atoms with Crippen LogP contribution >= 0.6 is 11.8 Å². The first-order valence-electron chi connectivity index (χ1n) is 9.53. The molecule has 6 heteroatoms. The first-order chi connectivity index (χ1) is 14.0. The second-order valence-electron chi connectivity index (χ2n) is 6.97. The number of fused-ring (bicyclic) bond motifs is 1. The van der Waals surface area contributed by atoms with Crippen LogP contribution in [0.1, 0.15) is 28.2 Å². The number of aromatic nitrogens is 1. The van der Waals surface area contributed by atoms with E-state index < -0.39 is 0 Å². The molecule has 0 amide bonds. The van der Waals surface area contributed by atoms with E-state index in [2.05, 4.69) is 0 Å². The molecule has 2 aromatic carbocycles. The monoisotopic (exact) mass is 411 g/mol. The quantitative estimate of drug-likeness (QED) is 0.418. The molecule has 4 rings (SSSR count). The van der Waals surface area contributed by atoms with Crippen LogP contribution in [0.4, 0.5) is 4.39 Å². The Morgan fingerprint density at radius 3 is 2.66 bits per heavy atom. The van der Waals surface area contributed by atoms with Gasteiger partial charge in [0.1, 0.15) is 5.82 Å². The van der Waals surface area contributed by atoms with Crippen molar-refractivity contribution in [3.8, 4) is 17.2 Å². The summed E-state index contributed by atoms with van der Waals surface area (Å²) in [6.45, 7) is 5.10. The third-order valence-corrected chi connectivity index (χ3v) is 5.88. The standard InChI is InChI=1S/C23H22FNO3S/c1-15-11-20(16(2)25(15)18-6-3-5-17(24)12-18)21(26)14-29-19-7-8-22-23(13-19)28-10-4-9-27-22/h3,5-8,11-13H,4,9-10,14H2,1-2H3. The fraction of sp³-hybridized carbons (Fsp3) is 0.261. The highest BCUT2D eigenvalue weighted by molar-refractivity contribution is 8.00. The van der Waals surface area contributed by atoms with Crippen molar-refractivity contribution < 1.29 is 18.7 Å². The van der Waals surface area contributed by atoms with Crippen LogP contribution in [-0.2, 0) is 0 Å². The van der Waals surface area contributed by atoms with E-state index >= 15 is 0 Å². The SMILES string of the molecule is Cc1cc(C(=O)CSc2ccc3c(c2)OCCCO3)c(C)n1-c1cccc(F)c1. The van der Waals surface area contributed by atoms with Crippen LogP contribution in [0.3, 0.4) is 0 Å². The normalized spacial score (nSPS) is 13.2. The number of ketones is 1. The lowest BCUT2D eigenvalue weighted by Crippen LogP contribution is -2.05. The molecule has 0 radical (unpaired) electrons. The zero-order valence-electron chi connectivity index (χ0n) is 16.4. The van der Waals surface area contributed by atoms with Gasteiger partial charge in [0.05, 0.1) is 19.0 Å². The van der Waals surface area contributed by atoms with Gasteiger partial charge in [-0.1, -0.05) is 6.07 Å². The fourth-order valence-electron chi connectivity index (χ4n) is 3.52. The number of Topliss-reactive ketones (excluding diaryl/α,β-unsaturated/α-hetero) is 1. The van der Waals surface area contributed by atoms with Crippen LogP contribution in [0.25, 0.3) is 5.69 Å². The molecule has 150 valence electrons. The van der Waals surface area contributed by atoms with Crippen molar-refractivity contribution in [1.29, 1.82) is 0 Å². The molecule has 0 saturated carbocycles. The molecule has 2 heterocycles. The van der Waals surface area contributed by atoms with Crippen molar-refractivity contribution in [2.45, 2.75) is 25.2 Å². The van der Waals surface area contributed by atoms with Gasteiger partial charge in [0, 0.05) is 34.0 Å². The Morgan fingerprint density at radius 1 is 1.07 bits per heavy atom. The maximum absolute atomic E-state index is 13.6. The van der Waals surface area contributed by atoms with Gasteiger partial charge in [-0.05, 0) is 56.3 Å². The van der Waals surface area contributed by atoms with E-state index in [0.717, 1.165) is 39.9 Å². The first-order valence-corrected chi connectivity index (χ1v) is 10.5. The number of aryl methyl sites for hydroxylation is 1. The Labute approximate surface area is 173 Å². The van der Waals surface area contributed by atoms with Crippen LogP contribution < -0.4 is 9.47 Å². The Kier molecular flexibility index (Phi) is 5.62. The minimum Gasteiger partial charge on any atom is -0.490 e. The number of rotatable bonds is 5. The second kappa shape index (κ2) is 8.33. The maximum atomic E-state index is 13.6. The average Bonchev–Trinajstić information content (AvgIpc) is 2.87. The predicted molar refractivity (Wildman–Crippen MR) is 112 cm³/mol. The summed E-state index contributed by atoms with van der Waals surface area (Å²) in [4.78, 5) is 13.8. The third-order valence-electron chi connectivity index (χ3n) is 4.89. The molecule has 1 aliphatic heterocycles. The van der Waals surface area contributed by atoms with Crippen molar-refractivity contribution in [2.24, 2.45) is 0 Å². The van der Waals surface area contributed by atoms with Crippen LogP contribution in [-0.4, -0.2) is 29.3 Å². The molecule has 29 heavy (non-hydrogen) atoms. The Morgan fingerprint density at radius 2 is 1.86 bits per heavy atom. The number of hydrogen-bond donors (Lipinski definition) is 0. The van der Waals surface area contributed by atoms with Crippen molar-refractivity contribution in [3.63, 3.8) is 0 Å². The summed E-state index contributed by atoms with van der Waals surface area (Å²) < 4.78 is 26.9. The molecule has 0 unspecified atom stereocenters. The zero-order chi connectivity index (χ0) is 20.4. The zero-order valence-corrected chi connectivity index (χ0v) is 17.2. The van der Waals surface area contributed by atoms with Gasteiger partial charge in [-0.2, -0.15) is 0 Å². The lowest BCUT2D eigenvalue weighted by atomic mass is 10.2. The van der Waals surface area contributed by atoms with Crippen LogP contribution in [0.5, 0.6) is 11.5 Å². The van der Waals surface area contributed by atoms with Gasteiger partial charge >= 0.3 is 0 Å². The Bertz CT molecular complexity index is 1060. The van der Waals surface area contributed by atoms with Crippen molar-refractivity contribution in [2.75, 3.05) is 19.0 Å². The molecule has 0 bridgehead atoms. The predicted octanol–water partition coefficient (Wildman–Crippen LogP) is 5.37. The Balaban J connectivity index is 1.51. The second-order valence-corrected chi connectivity index (χ2v) is 8.02. The summed E-state index contributed by atoms with van der Waals surface area (Å²) in [5.41, 5.74) is 3.10. The van der Waals surface area contributed by atoms with Gasteiger partial charge in [0.25, 0.3) is 0 Å². The number of nitrogens with zero attached hydrogens (tertiary/aromatic N) is 1. The first kappa shape index (κ1) is 19.6. The highest BCUT2D eigenvalue weighted by Gasteiger charge is 2.18. The molecule has 3 aromatic rings. The van der Waals surface area contributed by atoms with E-state index in [1.807, 2.05) is 48.7 Å². The van der Waals surface area contributed by atoms with E-state index in [1.165, 1.54) is 23.9 Å². The summed E-state index contributed by atoms with van der Waals surface area (Å²) in [6, 6.07) is 14.0. The number of halogens is 1. The molecule has 4 nitrogen and oxygen atoms in total. The Hall–Kier alpha value is -2.73. The number of thioether (sulfide) groups is 1. The summed E-state index contributed by atoms with van der Waals surface area (Å²) in [5, 5.41) is 0. The van der Waals surface area contributed by atoms with Gasteiger partial charge in [0.15, 0.2) is 17.3 Å². The van der Waals surface area contributed by atoms with Gasteiger partial charge in [-0.25, -0.2) is 4.39 Å². The minimum absolute atomic E-state index is 0.0397. The van der Waals surface area contributed by atoms with Gasteiger partial charge in [-0.3, -0.25) is 4.79 Å². The topological polar surface area (TPSA) is 40.5 Å². The summed E-state index contributed by atoms with van der Waals surface area (Å²) in [6.07, 6.45) is 0.858. The van der Waals surface area contributed by atoms with Crippen molar-refractivity contribution in [1.82, 2.24) is 4.57 Å². The molecule has 1 aliphatic rings. The molecule has 0 N–H and O–H groups in total. The van der Waals surface area contributed by atoms with Gasteiger partial charge in [0.2, 0.25) is 0 Å². The maximum Gasteiger partial charge on any atom is 0.174 e. The van der Waals surface area contributed by atoms with E-state index in [-0.39, 0.29) is 11.6 Å². The van der Waals surface area contributed by atoms with Crippen molar-refractivity contribution >= 4 is 17.5 Å². The molecule has 0 spiro atoms. The van der Waals surface area contributed by atoms with E-state index in [1.54, 1.807) is 6.07 Å². The third kappa shape index (κ3) is 4.17. The van der Waals surface area contributed by atoms with Crippen LogP contribution in [0.15, 0.2) is 53.4 Å². The van der Waals surface area contributed by atoms with E-state index in [0.29, 0.717) is 24.5 Å². The molecule has 0 fully saturated rings. The molecule has 0 saturated heterocycles. The number of carbonyl (C=O) groups is 1. The number of ether oxygens (including phenoxy) is 2. The molecular formula is C23H22FNO3S. The van der Waals surface area contributed by atoms with Crippen LogP contribution in [0.2, 0.25) is 0 Å². The highest BCUT2D eigenvalue weighted by atomic mass is 32.2. The largest absolute Gasteiger partial charge is 0.490 e. The molecule has 0 atom stereocenters. The molecule has 1 aromatic heterocycles. The average molecular weight is 411 g/mol. The number of carbonyl (C=O) groups excluding carboxylic acids is 1. The minimum atomic E-state index is -0.298. The van der Waals surface area contributed by atoms with Crippen molar-refractivity contribution in [3.05, 3.63) is 71.3 Å².